The molecule has 0 aliphatic heterocycles. The van der Waals surface area contributed by atoms with Crippen molar-refractivity contribution in [3.8, 4) is 0 Å². The second-order valence-corrected chi connectivity index (χ2v) is 6.05. The molecule has 0 spiro atoms. The third kappa shape index (κ3) is 5.57. The van der Waals surface area contributed by atoms with Crippen molar-refractivity contribution in [2.75, 3.05) is 5.32 Å². The van der Waals surface area contributed by atoms with E-state index in [1.54, 1.807) is 24.3 Å². The van der Waals surface area contributed by atoms with Gasteiger partial charge in [-0.05, 0) is 31.5 Å². The molecule has 2 aromatic rings. The second kappa shape index (κ2) is 8.24. The smallest absolute Gasteiger partial charge is 0.226 e. The summed E-state index contributed by atoms with van der Waals surface area (Å²) in [4.78, 5) is 35.3. The van der Waals surface area contributed by atoms with E-state index in [2.05, 4.69) is 10.6 Å². The number of hydrogen-bond donors (Lipinski definition) is 2. The number of nitrogens with one attached hydrogen (secondary N) is 2. The van der Waals surface area contributed by atoms with E-state index < -0.39 is 6.04 Å². The highest BCUT2D eigenvalue weighted by molar-refractivity contribution is 5.97. The molecule has 0 aliphatic carbocycles. The summed E-state index contributed by atoms with van der Waals surface area (Å²) in [5.41, 5.74) is 3.07. The summed E-state index contributed by atoms with van der Waals surface area (Å²) in [6.07, 6.45) is 0.104. The van der Waals surface area contributed by atoms with Crippen LogP contribution in [0.3, 0.4) is 0 Å². The Bertz CT molecular complexity index is 782. The van der Waals surface area contributed by atoms with Gasteiger partial charge in [-0.2, -0.15) is 0 Å². The van der Waals surface area contributed by atoms with Gasteiger partial charge in [-0.25, -0.2) is 0 Å². The molecular weight excluding hydrogens is 316 g/mol. The third-order valence-electron chi connectivity index (χ3n) is 3.80. The lowest BCUT2D eigenvalue weighted by atomic mass is 10.0. The van der Waals surface area contributed by atoms with E-state index in [0.29, 0.717) is 11.3 Å². The first-order chi connectivity index (χ1) is 11.8. The van der Waals surface area contributed by atoms with Crippen molar-refractivity contribution in [1.82, 2.24) is 5.32 Å². The highest BCUT2D eigenvalue weighted by atomic mass is 16.2. The van der Waals surface area contributed by atoms with Crippen LogP contribution in [0.2, 0.25) is 0 Å². The van der Waals surface area contributed by atoms with Gasteiger partial charge in [-0.1, -0.05) is 42.0 Å². The maximum Gasteiger partial charge on any atom is 0.226 e. The van der Waals surface area contributed by atoms with Crippen molar-refractivity contribution in [3.05, 3.63) is 65.2 Å². The molecular formula is C20H22N2O3. The van der Waals surface area contributed by atoms with Crippen LogP contribution in [0.5, 0.6) is 0 Å². The third-order valence-corrected chi connectivity index (χ3v) is 3.80. The normalized spacial score (nSPS) is 11.5. The van der Waals surface area contributed by atoms with Crippen molar-refractivity contribution in [3.63, 3.8) is 0 Å². The minimum atomic E-state index is -0.408. The van der Waals surface area contributed by atoms with Gasteiger partial charge in [0.15, 0.2) is 5.78 Å². The largest absolute Gasteiger partial charge is 0.349 e. The summed E-state index contributed by atoms with van der Waals surface area (Å²) in [5, 5.41) is 5.59. The molecule has 0 saturated carbocycles. The van der Waals surface area contributed by atoms with Gasteiger partial charge in [-0.15, -0.1) is 0 Å². The zero-order chi connectivity index (χ0) is 18.4. The summed E-state index contributed by atoms with van der Waals surface area (Å²) in [7, 11) is 0. The van der Waals surface area contributed by atoms with E-state index >= 15 is 0 Å². The zero-order valence-electron chi connectivity index (χ0n) is 14.6. The van der Waals surface area contributed by atoms with Crippen LogP contribution in [-0.2, 0) is 9.59 Å². The van der Waals surface area contributed by atoms with Gasteiger partial charge in [0.2, 0.25) is 11.8 Å². The highest BCUT2D eigenvalue weighted by Crippen LogP contribution is 2.19. The molecule has 130 valence electrons. The fraction of sp³-hybridized carbons (Fsp3) is 0.250. The quantitative estimate of drug-likeness (QED) is 0.793. The fourth-order valence-electron chi connectivity index (χ4n) is 2.51. The van der Waals surface area contributed by atoms with Crippen molar-refractivity contribution < 1.29 is 14.4 Å². The molecule has 2 N–H and O–H groups in total. The number of Topliss-reactive ketones (excluding diaryl/α,β-unsaturated/α-hetero) is 1. The van der Waals surface area contributed by atoms with Gasteiger partial charge in [0, 0.05) is 18.2 Å². The van der Waals surface area contributed by atoms with Gasteiger partial charge in [0.05, 0.1) is 12.5 Å². The molecule has 0 aliphatic rings. The molecule has 2 aromatic carbocycles. The number of hydrogen-bond acceptors (Lipinski definition) is 3. The minimum absolute atomic E-state index is 0.0631. The first-order valence-corrected chi connectivity index (χ1v) is 8.09. The Kier molecular flexibility index (Phi) is 6.06. The van der Waals surface area contributed by atoms with Crippen LogP contribution in [0.15, 0.2) is 48.5 Å². The number of carbonyl (C=O) groups is 3. The lowest BCUT2D eigenvalue weighted by Crippen LogP contribution is -2.29. The highest BCUT2D eigenvalue weighted by Gasteiger charge is 2.17. The Morgan fingerprint density at radius 3 is 2.28 bits per heavy atom. The Morgan fingerprint density at radius 1 is 1.00 bits per heavy atom. The Morgan fingerprint density at radius 2 is 1.68 bits per heavy atom. The van der Waals surface area contributed by atoms with Crippen LogP contribution in [0, 0.1) is 6.92 Å². The van der Waals surface area contributed by atoms with E-state index in [1.807, 2.05) is 31.2 Å². The summed E-state index contributed by atoms with van der Waals surface area (Å²) < 4.78 is 0. The topological polar surface area (TPSA) is 75.3 Å². The van der Waals surface area contributed by atoms with Crippen molar-refractivity contribution in [2.24, 2.45) is 0 Å². The van der Waals surface area contributed by atoms with Crippen molar-refractivity contribution in [1.29, 1.82) is 0 Å². The monoisotopic (exact) mass is 338 g/mol. The standard InChI is InChI=1S/C20H22N2O3/c1-13-7-9-16(10-8-13)19(21-15(3)24)12-20(25)22-18-6-4-5-17(11-18)14(2)23/h4-11,19H,12H2,1-3H3,(H,21,24)(H,22,25). The summed E-state index contributed by atoms with van der Waals surface area (Å²) in [5.74, 6) is -0.496. The Balaban J connectivity index is 2.11. The lowest BCUT2D eigenvalue weighted by Gasteiger charge is -2.18. The number of carbonyl (C=O) groups excluding carboxylic acids is 3. The average molecular weight is 338 g/mol. The molecule has 0 heterocycles. The van der Waals surface area contributed by atoms with Gasteiger partial charge in [0.25, 0.3) is 0 Å². The molecule has 5 heteroatoms. The van der Waals surface area contributed by atoms with E-state index in [4.69, 9.17) is 0 Å². The molecule has 5 nitrogen and oxygen atoms in total. The molecule has 25 heavy (non-hydrogen) atoms. The second-order valence-electron chi connectivity index (χ2n) is 6.05. The Hall–Kier alpha value is -2.95. The number of benzene rings is 2. The first kappa shape index (κ1) is 18.4. The minimum Gasteiger partial charge on any atom is -0.349 e. The Labute approximate surface area is 147 Å². The molecule has 0 saturated heterocycles. The van der Waals surface area contributed by atoms with Crippen LogP contribution in [0.4, 0.5) is 5.69 Å². The van der Waals surface area contributed by atoms with Gasteiger partial charge >= 0.3 is 0 Å². The van der Waals surface area contributed by atoms with Crippen LogP contribution >= 0.6 is 0 Å². The van der Waals surface area contributed by atoms with Crippen LogP contribution in [-0.4, -0.2) is 17.6 Å². The molecule has 2 amide bonds. The van der Waals surface area contributed by atoms with E-state index in [9.17, 15) is 14.4 Å². The molecule has 0 fully saturated rings. The van der Waals surface area contributed by atoms with Crippen LogP contribution in [0.1, 0.15) is 47.8 Å². The van der Waals surface area contributed by atoms with E-state index in [0.717, 1.165) is 11.1 Å². The fourth-order valence-corrected chi connectivity index (χ4v) is 2.51. The van der Waals surface area contributed by atoms with Crippen molar-refractivity contribution >= 4 is 23.3 Å². The number of ketones is 1. The lowest BCUT2D eigenvalue weighted by molar-refractivity contribution is -0.120. The van der Waals surface area contributed by atoms with Gasteiger partial charge in [0.1, 0.15) is 0 Å². The predicted molar refractivity (Wildman–Crippen MR) is 97.4 cm³/mol. The summed E-state index contributed by atoms with van der Waals surface area (Å²) in [6.45, 7) is 4.88. The SMILES string of the molecule is CC(=O)NC(CC(=O)Nc1cccc(C(C)=O)c1)c1ccc(C)cc1. The zero-order valence-corrected chi connectivity index (χ0v) is 14.6. The number of amides is 2. The molecule has 1 unspecified atom stereocenters. The predicted octanol–water partition coefficient (Wildman–Crippen LogP) is 3.40. The summed E-state index contributed by atoms with van der Waals surface area (Å²) >= 11 is 0. The summed E-state index contributed by atoms with van der Waals surface area (Å²) in [6, 6.07) is 14.1. The van der Waals surface area contributed by atoms with Gasteiger partial charge < -0.3 is 10.6 Å². The molecule has 1 atom stereocenters. The van der Waals surface area contributed by atoms with Crippen LogP contribution < -0.4 is 10.6 Å². The number of rotatable bonds is 6. The van der Waals surface area contributed by atoms with E-state index in [-0.39, 0.29) is 24.0 Å². The number of anilines is 1. The van der Waals surface area contributed by atoms with Gasteiger partial charge in [-0.3, -0.25) is 14.4 Å². The maximum absolute atomic E-state index is 12.4. The average Bonchev–Trinajstić information content (AvgIpc) is 2.54. The maximum atomic E-state index is 12.4. The number of aryl methyl sites for hydroxylation is 1. The molecule has 0 radical (unpaired) electrons. The molecule has 0 bridgehead atoms. The first-order valence-electron chi connectivity index (χ1n) is 8.09. The van der Waals surface area contributed by atoms with E-state index in [1.165, 1.54) is 13.8 Å². The molecule has 0 aromatic heterocycles. The molecule has 2 rings (SSSR count). The van der Waals surface area contributed by atoms with Crippen molar-refractivity contribution in [2.45, 2.75) is 33.2 Å². The van der Waals surface area contributed by atoms with Crippen LogP contribution in [0.25, 0.3) is 0 Å².